The molecule has 6 heteroatoms. The normalized spacial score (nSPS) is 12.4. The van der Waals surface area contributed by atoms with Crippen molar-refractivity contribution >= 4 is 39.1 Å². The predicted octanol–water partition coefficient (Wildman–Crippen LogP) is 3.01. The highest BCUT2D eigenvalue weighted by atomic mass is 79.9. The Kier molecular flexibility index (Phi) is 7.06. The van der Waals surface area contributed by atoms with Gasteiger partial charge in [-0.25, -0.2) is 0 Å². The molecule has 1 rings (SSSR count). The van der Waals surface area contributed by atoms with E-state index in [1.807, 2.05) is 64.0 Å². The third-order valence-corrected chi connectivity index (χ3v) is 5.10. The van der Waals surface area contributed by atoms with E-state index in [2.05, 4.69) is 26.6 Å². The molecule has 0 aliphatic heterocycles. The van der Waals surface area contributed by atoms with Crippen LogP contribution in [0, 0.1) is 5.41 Å². The van der Waals surface area contributed by atoms with Crippen LogP contribution >= 0.6 is 15.9 Å². The quantitative estimate of drug-likeness (QED) is 0.742. The second kappa shape index (κ2) is 8.34. The van der Waals surface area contributed by atoms with Crippen LogP contribution in [0.4, 0.5) is 11.4 Å². The average molecular weight is 384 g/mol. The van der Waals surface area contributed by atoms with Crippen molar-refractivity contribution in [2.45, 2.75) is 32.0 Å². The fourth-order valence-electron chi connectivity index (χ4n) is 1.85. The Bertz CT molecular complexity index is 536. The summed E-state index contributed by atoms with van der Waals surface area (Å²) in [7, 11) is 3.93. The van der Waals surface area contributed by atoms with E-state index in [-0.39, 0.29) is 28.5 Å². The van der Waals surface area contributed by atoms with Gasteiger partial charge in [-0.2, -0.15) is 0 Å². The third kappa shape index (κ3) is 6.60. The van der Waals surface area contributed by atoms with E-state index in [0.717, 1.165) is 11.4 Å². The van der Waals surface area contributed by atoms with Crippen LogP contribution in [0.5, 0.6) is 0 Å². The Hall–Kier alpha value is -1.56. The van der Waals surface area contributed by atoms with Crippen molar-refractivity contribution < 1.29 is 9.59 Å². The van der Waals surface area contributed by atoms with E-state index in [0.29, 0.717) is 6.54 Å². The zero-order valence-corrected chi connectivity index (χ0v) is 16.0. The molecule has 0 radical (unpaired) electrons. The summed E-state index contributed by atoms with van der Waals surface area (Å²) in [6.45, 7) is 6.26. The first-order valence-corrected chi connectivity index (χ1v) is 8.52. The maximum atomic E-state index is 11.9. The van der Waals surface area contributed by atoms with Gasteiger partial charge in [-0.1, -0.05) is 36.7 Å². The first kappa shape index (κ1) is 19.5. The third-order valence-electron chi connectivity index (χ3n) is 3.31. The zero-order valence-electron chi connectivity index (χ0n) is 14.4. The Labute approximate surface area is 146 Å². The van der Waals surface area contributed by atoms with Gasteiger partial charge in [0.15, 0.2) is 0 Å². The predicted molar refractivity (Wildman–Crippen MR) is 99.2 cm³/mol. The summed E-state index contributed by atoms with van der Waals surface area (Å²) in [5, 5.41) is 5.60. The smallest absolute Gasteiger partial charge is 0.234 e. The lowest BCUT2D eigenvalue weighted by molar-refractivity contribution is -0.122. The molecule has 0 saturated carbocycles. The number of carbonyl (C=O) groups is 2. The van der Waals surface area contributed by atoms with Crippen LogP contribution in [0.25, 0.3) is 0 Å². The number of anilines is 2. The molecule has 0 aliphatic carbocycles. The van der Waals surface area contributed by atoms with Crippen LogP contribution in [-0.2, 0) is 9.59 Å². The molecule has 5 nitrogen and oxygen atoms in total. The molecule has 0 heterocycles. The average Bonchev–Trinajstić information content (AvgIpc) is 2.45. The van der Waals surface area contributed by atoms with Crippen LogP contribution < -0.4 is 15.5 Å². The summed E-state index contributed by atoms with van der Waals surface area (Å²) in [4.78, 5) is 25.5. The highest BCUT2D eigenvalue weighted by Crippen LogP contribution is 2.25. The Morgan fingerprint density at radius 3 is 2.22 bits per heavy atom. The van der Waals surface area contributed by atoms with Crippen molar-refractivity contribution in [2.24, 2.45) is 5.41 Å². The standard InChI is InChI=1S/C17H26BrN3O2/c1-17(2,3)15(18)16(23)19-11-10-14(22)20-12-6-8-13(9-7-12)21(4)5/h6-9,15H,10-11H2,1-5H3,(H,19,23)(H,20,22)/t15-/m1/s1. The van der Waals surface area contributed by atoms with Crippen LogP contribution in [0.15, 0.2) is 24.3 Å². The highest BCUT2D eigenvalue weighted by molar-refractivity contribution is 9.10. The Morgan fingerprint density at radius 2 is 1.74 bits per heavy atom. The fourth-order valence-corrected chi connectivity index (χ4v) is 2.01. The highest BCUT2D eigenvalue weighted by Gasteiger charge is 2.28. The molecule has 0 saturated heterocycles. The van der Waals surface area contributed by atoms with E-state index in [1.54, 1.807) is 0 Å². The number of hydrogen-bond donors (Lipinski definition) is 2. The minimum Gasteiger partial charge on any atom is -0.378 e. The number of nitrogens with one attached hydrogen (secondary N) is 2. The van der Waals surface area contributed by atoms with Gasteiger partial charge in [0, 0.05) is 38.4 Å². The molecule has 0 aliphatic rings. The Morgan fingerprint density at radius 1 is 1.17 bits per heavy atom. The molecule has 1 atom stereocenters. The largest absolute Gasteiger partial charge is 0.378 e. The summed E-state index contributed by atoms with van der Waals surface area (Å²) in [6, 6.07) is 7.60. The lowest BCUT2D eigenvalue weighted by Gasteiger charge is -2.24. The minimum absolute atomic E-state index is 0.0966. The summed E-state index contributed by atoms with van der Waals surface area (Å²) in [5.74, 6) is -0.217. The number of alkyl halides is 1. The van der Waals surface area contributed by atoms with Crippen LogP contribution in [0.3, 0.4) is 0 Å². The van der Waals surface area contributed by atoms with Crippen molar-refractivity contribution in [3.63, 3.8) is 0 Å². The second-order valence-corrected chi connectivity index (χ2v) is 7.67. The molecule has 23 heavy (non-hydrogen) atoms. The Balaban J connectivity index is 2.39. The van der Waals surface area contributed by atoms with Crippen molar-refractivity contribution in [3.8, 4) is 0 Å². The molecule has 0 aromatic heterocycles. The van der Waals surface area contributed by atoms with Crippen LogP contribution in [0.1, 0.15) is 27.2 Å². The SMILES string of the molecule is CN(C)c1ccc(NC(=O)CCNC(=O)[C@@H](Br)C(C)(C)C)cc1. The van der Waals surface area contributed by atoms with E-state index >= 15 is 0 Å². The van der Waals surface area contributed by atoms with E-state index in [4.69, 9.17) is 0 Å². The number of rotatable bonds is 6. The first-order valence-electron chi connectivity index (χ1n) is 7.60. The van der Waals surface area contributed by atoms with Gasteiger partial charge < -0.3 is 15.5 Å². The zero-order chi connectivity index (χ0) is 17.6. The fraction of sp³-hybridized carbons (Fsp3) is 0.529. The van der Waals surface area contributed by atoms with Gasteiger partial charge in [0.05, 0.1) is 4.83 Å². The van der Waals surface area contributed by atoms with Crippen molar-refractivity contribution in [1.82, 2.24) is 5.32 Å². The van der Waals surface area contributed by atoms with Crippen LogP contribution in [0.2, 0.25) is 0 Å². The van der Waals surface area contributed by atoms with E-state index in [1.165, 1.54) is 0 Å². The molecule has 1 aromatic carbocycles. The van der Waals surface area contributed by atoms with Gasteiger partial charge in [-0.3, -0.25) is 9.59 Å². The molecule has 0 unspecified atom stereocenters. The maximum Gasteiger partial charge on any atom is 0.234 e. The number of nitrogens with zero attached hydrogens (tertiary/aromatic N) is 1. The molecule has 2 amide bonds. The van der Waals surface area contributed by atoms with Gasteiger partial charge in [0.2, 0.25) is 11.8 Å². The number of hydrogen-bond acceptors (Lipinski definition) is 3. The molecule has 128 valence electrons. The van der Waals surface area contributed by atoms with Gasteiger partial charge >= 0.3 is 0 Å². The summed E-state index contributed by atoms with van der Waals surface area (Å²) >= 11 is 3.39. The second-order valence-electron chi connectivity index (χ2n) is 6.76. The molecular formula is C17H26BrN3O2. The number of benzene rings is 1. The summed E-state index contributed by atoms with van der Waals surface area (Å²) in [5.41, 5.74) is 1.65. The first-order chi connectivity index (χ1) is 10.6. The monoisotopic (exact) mass is 383 g/mol. The van der Waals surface area contributed by atoms with Gasteiger partial charge in [-0.05, 0) is 29.7 Å². The summed E-state index contributed by atoms with van der Waals surface area (Å²) in [6.07, 6.45) is 0.241. The molecule has 2 N–H and O–H groups in total. The molecule has 0 fully saturated rings. The van der Waals surface area contributed by atoms with Crippen molar-refractivity contribution in [1.29, 1.82) is 0 Å². The minimum atomic E-state index is -0.281. The number of amides is 2. The van der Waals surface area contributed by atoms with Gasteiger partial charge in [0.25, 0.3) is 0 Å². The van der Waals surface area contributed by atoms with Gasteiger partial charge in [-0.15, -0.1) is 0 Å². The summed E-state index contributed by atoms with van der Waals surface area (Å²) < 4.78 is 0. The van der Waals surface area contributed by atoms with Crippen LogP contribution in [-0.4, -0.2) is 37.3 Å². The molecule has 0 bridgehead atoms. The maximum absolute atomic E-state index is 11.9. The van der Waals surface area contributed by atoms with E-state index in [9.17, 15) is 9.59 Å². The molecule has 0 spiro atoms. The number of carbonyl (C=O) groups excluding carboxylic acids is 2. The molecule has 1 aromatic rings. The lowest BCUT2D eigenvalue weighted by Crippen LogP contribution is -2.39. The lowest BCUT2D eigenvalue weighted by atomic mass is 9.92. The number of halogens is 1. The topological polar surface area (TPSA) is 61.4 Å². The van der Waals surface area contributed by atoms with Crippen molar-refractivity contribution in [2.75, 3.05) is 30.9 Å². The van der Waals surface area contributed by atoms with E-state index < -0.39 is 0 Å². The van der Waals surface area contributed by atoms with Gasteiger partial charge in [0.1, 0.15) is 0 Å². The van der Waals surface area contributed by atoms with Crippen molar-refractivity contribution in [3.05, 3.63) is 24.3 Å². The molecular weight excluding hydrogens is 358 g/mol.